The third kappa shape index (κ3) is 2.16. The lowest BCUT2D eigenvalue weighted by Gasteiger charge is -2.25. The normalized spacial score (nSPS) is 17.4. The number of thiazole rings is 1. The maximum atomic E-state index is 8.99. The van der Waals surface area contributed by atoms with Crippen LogP contribution in [0.15, 0.2) is 0 Å². The molecule has 1 saturated heterocycles. The van der Waals surface area contributed by atoms with Crippen molar-refractivity contribution in [3.63, 3.8) is 0 Å². The molecule has 6 heteroatoms. The van der Waals surface area contributed by atoms with E-state index in [2.05, 4.69) is 9.88 Å². The molecule has 2 heterocycles. The summed E-state index contributed by atoms with van der Waals surface area (Å²) in [5.41, 5.74) is 0. The van der Waals surface area contributed by atoms with E-state index in [-0.39, 0.29) is 6.61 Å². The van der Waals surface area contributed by atoms with Gasteiger partial charge >= 0.3 is 0 Å². The fourth-order valence-corrected chi connectivity index (χ4v) is 3.38. The number of rotatable bonds is 2. The molecule has 0 aliphatic carbocycles. The summed E-state index contributed by atoms with van der Waals surface area (Å²) in [6.45, 7) is 2.04. The van der Waals surface area contributed by atoms with Crippen LogP contribution in [0.1, 0.15) is 4.88 Å². The van der Waals surface area contributed by atoms with Gasteiger partial charge in [0.15, 0.2) is 5.13 Å². The van der Waals surface area contributed by atoms with Crippen molar-refractivity contribution >= 4 is 39.8 Å². The van der Waals surface area contributed by atoms with E-state index in [0.717, 1.165) is 34.6 Å². The molecule has 1 N–H and O–H groups in total. The van der Waals surface area contributed by atoms with Gasteiger partial charge in [-0.2, -0.15) is 11.8 Å². The van der Waals surface area contributed by atoms with Crippen LogP contribution in [0, 0.1) is 0 Å². The first-order chi connectivity index (χ1) is 6.81. The third-order valence-electron chi connectivity index (χ3n) is 2.06. The smallest absolute Gasteiger partial charge is 0.187 e. The molecule has 78 valence electrons. The fraction of sp³-hybridized carbons (Fsp3) is 0.625. The highest BCUT2D eigenvalue weighted by Gasteiger charge is 2.16. The Balaban J connectivity index is 2.14. The molecule has 1 aliphatic heterocycles. The molecular weight excluding hydrogens is 240 g/mol. The molecule has 0 radical (unpaired) electrons. The Morgan fingerprint density at radius 2 is 2.14 bits per heavy atom. The number of aromatic nitrogens is 1. The average molecular weight is 251 g/mol. The highest BCUT2D eigenvalue weighted by molar-refractivity contribution is 7.99. The van der Waals surface area contributed by atoms with Crippen molar-refractivity contribution in [1.82, 2.24) is 4.98 Å². The van der Waals surface area contributed by atoms with Crippen molar-refractivity contribution in [3.05, 3.63) is 10.0 Å². The lowest BCUT2D eigenvalue weighted by Crippen LogP contribution is -2.32. The summed E-state index contributed by atoms with van der Waals surface area (Å²) in [5.74, 6) is 2.29. The summed E-state index contributed by atoms with van der Waals surface area (Å²) in [4.78, 5) is 7.24. The van der Waals surface area contributed by atoms with Gasteiger partial charge in [-0.3, -0.25) is 0 Å². The first kappa shape index (κ1) is 10.5. The van der Waals surface area contributed by atoms with E-state index in [1.54, 1.807) is 0 Å². The van der Waals surface area contributed by atoms with Gasteiger partial charge in [-0.05, 0) is 0 Å². The molecule has 1 aliphatic rings. The van der Waals surface area contributed by atoms with Gasteiger partial charge in [0.05, 0.1) is 11.5 Å². The standard InChI is InChI=1S/C8H11ClN2OS2/c9-7-6(5-12)14-8(10-7)11-1-3-13-4-2-11/h12H,1-5H2. The summed E-state index contributed by atoms with van der Waals surface area (Å²) < 4.78 is 0. The van der Waals surface area contributed by atoms with Crippen molar-refractivity contribution in [3.8, 4) is 0 Å². The van der Waals surface area contributed by atoms with Crippen LogP contribution in [-0.4, -0.2) is 34.7 Å². The number of anilines is 1. The number of hydrogen-bond donors (Lipinski definition) is 1. The second-order valence-electron chi connectivity index (χ2n) is 2.97. The predicted molar refractivity (Wildman–Crippen MR) is 62.6 cm³/mol. The Morgan fingerprint density at radius 1 is 1.43 bits per heavy atom. The van der Waals surface area contributed by atoms with Crippen LogP contribution >= 0.6 is 34.7 Å². The van der Waals surface area contributed by atoms with Gasteiger partial charge in [-0.1, -0.05) is 22.9 Å². The highest BCUT2D eigenvalue weighted by Crippen LogP contribution is 2.30. The minimum atomic E-state index is -0.0148. The van der Waals surface area contributed by atoms with E-state index in [1.165, 1.54) is 11.3 Å². The van der Waals surface area contributed by atoms with Crippen LogP contribution < -0.4 is 4.90 Å². The van der Waals surface area contributed by atoms with E-state index < -0.39 is 0 Å². The molecule has 0 amide bonds. The van der Waals surface area contributed by atoms with Gasteiger partial charge in [0.2, 0.25) is 0 Å². The number of nitrogens with zero attached hydrogens (tertiary/aromatic N) is 2. The van der Waals surface area contributed by atoms with Crippen LogP contribution in [0.5, 0.6) is 0 Å². The largest absolute Gasteiger partial charge is 0.391 e. The zero-order valence-electron chi connectivity index (χ0n) is 7.57. The van der Waals surface area contributed by atoms with E-state index >= 15 is 0 Å². The van der Waals surface area contributed by atoms with Gasteiger partial charge in [0, 0.05) is 24.6 Å². The van der Waals surface area contributed by atoms with E-state index in [1.807, 2.05) is 11.8 Å². The van der Waals surface area contributed by atoms with Crippen LogP contribution in [0.2, 0.25) is 5.15 Å². The highest BCUT2D eigenvalue weighted by atomic mass is 35.5. The van der Waals surface area contributed by atoms with Crippen molar-refractivity contribution in [1.29, 1.82) is 0 Å². The molecule has 1 aromatic heterocycles. The van der Waals surface area contributed by atoms with Crippen LogP contribution in [0.4, 0.5) is 5.13 Å². The zero-order chi connectivity index (χ0) is 9.97. The van der Waals surface area contributed by atoms with Gasteiger partial charge in [-0.15, -0.1) is 0 Å². The molecule has 1 fully saturated rings. The topological polar surface area (TPSA) is 36.4 Å². The molecule has 0 spiro atoms. The fourth-order valence-electron chi connectivity index (χ4n) is 1.31. The minimum absolute atomic E-state index is 0.0148. The van der Waals surface area contributed by atoms with Crippen LogP contribution in [0.25, 0.3) is 0 Å². The number of aliphatic hydroxyl groups is 1. The van der Waals surface area contributed by atoms with Gasteiger partial charge in [-0.25, -0.2) is 4.98 Å². The second kappa shape index (κ2) is 4.70. The molecule has 0 aromatic carbocycles. The number of thioether (sulfide) groups is 1. The predicted octanol–water partition coefficient (Wildman–Crippen LogP) is 1.84. The maximum Gasteiger partial charge on any atom is 0.187 e. The molecule has 0 unspecified atom stereocenters. The summed E-state index contributed by atoms with van der Waals surface area (Å²) in [6, 6.07) is 0. The minimum Gasteiger partial charge on any atom is -0.391 e. The van der Waals surface area contributed by atoms with Gasteiger partial charge < -0.3 is 10.0 Å². The zero-order valence-corrected chi connectivity index (χ0v) is 9.96. The molecule has 3 nitrogen and oxygen atoms in total. The van der Waals surface area contributed by atoms with Crippen molar-refractivity contribution in [2.75, 3.05) is 29.5 Å². The SMILES string of the molecule is OCc1sc(N2CCSCC2)nc1Cl. The first-order valence-corrected chi connectivity index (χ1v) is 6.75. The van der Waals surface area contributed by atoms with Gasteiger partial charge in [0.1, 0.15) is 5.15 Å². The maximum absolute atomic E-state index is 8.99. The number of aliphatic hydroxyl groups excluding tert-OH is 1. The lowest BCUT2D eigenvalue weighted by atomic mass is 10.5. The monoisotopic (exact) mass is 250 g/mol. The molecule has 2 rings (SSSR count). The van der Waals surface area contributed by atoms with E-state index in [4.69, 9.17) is 16.7 Å². The Labute approximate surface area is 96.1 Å². The first-order valence-electron chi connectivity index (χ1n) is 4.40. The molecule has 0 saturated carbocycles. The van der Waals surface area contributed by atoms with Crippen molar-refractivity contribution < 1.29 is 5.11 Å². The molecule has 14 heavy (non-hydrogen) atoms. The molecule has 0 atom stereocenters. The van der Waals surface area contributed by atoms with Crippen molar-refractivity contribution in [2.24, 2.45) is 0 Å². The molecule has 1 aromatic rings. The number of halogens is 1. The Bertz CT molecular complexity index is 312. The Kier molecular flexibility index (Phi) is 3.54. The third-order valence-corrected chi connectivity index (χ3v) is 4.53. The summed E-state index contributed by atoms with van der Waals surface area (Å²) >= 11 is 9.32. The summed E-state index contributed by atoms with van der Waals surface area (Å²) in [6.07, 6.45) is 0. The lowest BCUT2D eigenvalue weighted by molar-refractivity contribution is 0.285. The van der Waals surface area contributed by atoms with Crippen LogP contribution in [-0.2, 0) is 6.61 Å². The Hall–Kier alpha value is 0.0300. The second-order valence-corrected chi connectivity index (χ2v) is 5.61. The van der Waals surface area contributed by atoms with Crippen LogP contribution in [0.3, 0.4) is 0 Å². The van der Waals surface area contributed by atoms with E-state index in [9.17, 15) is 0 Å². The summed E-state index contributed by atoms with van der Waals surface area (Å²) in [5, 5.41) is 10.4. The quantitative estimate of drug-likeness (QED) is 0.869. The van der Waals surface area contributed by atoms with E-state index in [0.29, 0.717) is 5.15 Å². The molecular formula is C8H11ClN2OS2. The molecule has 0 bridgehead atoms. The van der Waals surface area contributed by atoms with Gasteiger partial charge in [0.25, 0.3) is 0 Å². The summed E-state index contributed by atoms with van der Waals surface area (Å²) in [7, 11) is 0. The van der Waals surface area contributed by atoms with Crippen molar-refractivity contribution in [2.45, 2.75) is 6.61 Å². The Morgan fingerprint density at radius 3 is 2.71 bits per heavy atom. The number of hydrogen-bond acceptors (Lipinski definition) is 5. The average Bonchev–Trinajstić information content (AvgIpc) is 2.61.